The summed E-state index contributed by atoms with van der Waals surface area (Å²) < 4.78 is 6.13. The Labute approximate surface area is 112 Å². The molecule has 17 heavy (non-hydrogen) atoms. The number of benzene rings is 1. The van der Waals surface area contributed by atoms with Crippen molar-refractivity contribution in [2.24, 2.45) is 0 Å². The molecule has 0 radical (unpaired) electrons. The van der Waals surface area contributed by atoms with Gasteiger partial charge in [0.05, 0.1) is 7.11 Å². The third-order valence-corrected chi connectivity index (χ3v) is 4.33. The number of hydrogen-bond acceptors (Lipinski definition) is 3. The highest BCUT2D eigenvalue weighted by atomic mass is 32.2. The van der Waals surface area contributed by atoms with Crippen molar-refractivity contribution in [3.63, 3.8) is 0 Å². The zero-order valence-corrected chi connectivity index (χ0v) is 11.6. The van der Waals surface area contributed by atoms with E-state index in [9.17, 15) is 0 Å². The average Bonchev–Trinajstić information content (AvgIpc) is 2.40. The molecule has 0 N–H and O–H groups in total. The molecule has 2 nitrogen and oxygen atoms in total. The number of likely N-dealkylation sites (tertiary alicyclic amines) is 1. The largest absolute Gasteiger partial charge is 0.497 e. The molecular weight excluding hydrogens is 250 g/mol. The number of thiocarbonyl (C=S) groups is 1. The van der Waals surface area contributed by atoms with Gasteiger partial charge >= 0.3 is 0 Å². The molecular formula is C13H17NOS2. The SMILES string of the molecule is COc1ccc(SC(=S)N2CCCCC2)cc1. The third kappa shape index (κ3) is 3.61. The van der Waals surface area contributed by atoms with Crippen LogP contribution in [0.25, 0.3) is 0 Å². The first-order valence-electron chi connectivity index (χ1n) is 5.90. The Hall–Kier alpha value is -0.740. The van der Waals surface area contributed by atoms with Crippen LogP contribution < -0.4 is 4.74 Å². The van der Waals surface area contributed by atoms with Crippen LogP contribution in [0.5, 0.6) is 5.75 Å². The zero-order chi connectivity index (χ0) is 12.1. The molecule has 2 rings (SSSR count). The Bertz CT molecular complexity index is 372. The van der Waals surface area contributed by atoms with Crippen LogP contribution in [0.2, 0.25) is 0 Å². The quantitative estimate of drug-likeness (QED) is 0.600. The topological polar surface area (TPSA) is 12.5 Å². The minimum Gasteiger partial charge on any atom is -0.497 e. The summed E-state index contributed by atoms with van der Waals surface area (Å²) in [5.41, 5.74) is 0. The van der Waals surface area contributed by atoms with Gasteiger partial charge in [0.2, 0.25) is 0 Å². The fourth-order valence-corrected chi connectivity index (χ4v) is 3.14. The van der Waals surface area contributed by atoms with E-state index in [0.29, 0.717) is 0 Å². The second-order valence-corrected chi connectivity index (χ2v) is 5.80. The Balaban J connectivity index is 1.92. The number of rotatable bonds is 2. The van der Waals surface area contributed by atoms with Crippen LogP contribution in [-0.4, -0.2) is 29.4 Å². The molecule has 0 atom stereocenters. The molecule has 1 aliphatic rings. The zero-order valence-electron chi connectivity index (χ0n) is 10.0. The first-order chi connectivity index (χ1) is 8.29. The van der Waals surface area contributed by atoms with Crippen molar-refractivity contribution in [2.75, 3.05) is 20.2 Å². The van der Waals surface area contributed by atoms with Crippen molar-refractivity contribution in [3.05, 3.63) is 24.3 Å². The van der Waals surface area contributed by atoms with E-state index in [1.54, 1.807) is 18.9 Å². The van der Waals surface area contributed by atoms with Gasteiger partial charge in [0.1, 0.15) is 10.1 Å². The van der Waals surface area contributed by atoms with Crippen LogP contribution in [0, 0.1) is 0 Å². The molecule has 1 saturated heterocycles. The Morgan fingerprint density at radius 1 is 1.18 bits per heavy atom. The maximum atomic E-state index is 5.47. The number of thioether (sulfide) groups is 1. The molecule has 0 spiro atoms. The van der Waals surface area contributed by atoms with Crippen LogP contribution >= 0.6 is 24.0 Å². The summed E-state index contributed by atoms with van der Waals surface area (Å²) >= 11 is 7.15. The van der Waals surface area contributed by atoms with Gasteiger partial charge in [-0.2, -0.15) is 0 Å². The minimum absolute atomic E-state index is 0.887. The van der Waals surface area contributed by atoms with Gasteiger partial charge in [0.25, 0.3) is 0 Å². The molecule has 0 unspecified atom stereocenters. The number of nitrogens with zero attached hydrogens (tertiary/aromatic N) is 1. The second-order valence-electron chi connectivity index (χ2n) is 4.09. The summed E-state index contributed by atoms with van der Waals surface area (Å²) in [4.78, 5) is 3.50. The van der Waals surface area contributed by atoms with Gasteiger partial charge in [0.15, 0.2) is 0 Å². The number of hydrogen-bond donors (Lipinski definition) is 0. The van der Waals surface area contributed by atoms with E-state index in [4.69, 9.17) is 17.0 Å². The maximum Gasteiger partial charge on any atom is 0.141 e. The fourth-order valence-electron chi connectivity index (χ4n) is 1.89. The molecule has 1 aromatic rings. The molecule has 1 fully saturated rings. The Morgan fingerprint density at radius 3 is 2.41 bits per heavy atom. The highest BCUT2D eigenvalue weighted by Crippen LogP contribution is 2.25. The Kier molecular flexibility index (Phi) is 4.68. The molecule has 1 aromatic carbocycles. The molecule has 0 aliphatic carbocycles. The van der Waals surface area contributed by atoms with Crippen molar-refractivity contribution < 1.29 is 4.74 Å². The summed E-state index contributed by atoms with van der Waals surface area (Å²) in [5, 5.41) is 0. The van der Waals surface area contributed by atoms with Crippen molar-refractivity contribution in [2.45, 2.75) is 24.2 Å². The van der Waals surface area contributed by atoms with E-state index in [-0.39, 0.29) is 0 Å². The normalized spacial score (nSPS) is 15.7. The molecule has 1 heterocycles. The molecule has 0 aromatic heterocycles. The van der Waals surface area contributed by atoms with E-state index in [1.807, 2.05) is 12.1 Å². The van der Waals surface area contributed by atoms with Gasteiger partial charge in [-0.1, -0.05) is 24.0 Å². The fraction of sp³-hybridized carbons (Fsp3) is 0.462. The summed E-state index contributed by atoms with van der Waals surface area (Å²) in [6.07, 6.45) is 3.87. The standard InChI is InChI=1S/C13H17NOS2/c1-15-11-5-7-12(8-6-11)17-13(16)14-9-3-2-4-10-14/h5-8H,2-4,9-10H2,1H3. The van der Waals surface area contributed by atoms with E-state index < -0.39 is 0 Å². The van der Waals surface area contributed by atoms with Gasteiger partial charge in [-0.3, -0.25) is 0 Å². The van der Waals surface area contributed by atoms with Crippen molar-refractivity contribution in [1.29, 1.82) is 0 Å². The number of piperidine rings is 1. The monoisotopic (exact) mass is 267 g/mol. The second kappa shape index (κ2) is 6.26. The predicted molar refractivity (Wildman–Crippen MR) is 76.9 cm³/mol. The summed E-state index contributed by atoms with van der Waals surface area (Å²) in [6.45, 7) is 2.23. The maximum absolute atomic E-state index is 5.47. The van der Waals surface area contributed by atoms with Crippen LogP contribution in [0.15, 0.2) is 29.2 Å². The Morgan fingerprint density at radius 2 is 1.82 bits per heavy atom. The molecule has 1 aliphatic heterocycles. The minimum atomic E-state index is 0.887. The lowest BCUT2D eigenvalue weighted by Crippen LogP contribution is -2.32. The molecule has 0 bridgehead atoms. The number of ether oxygens (including phenoxy) is 1. The molecule has 92 valence electrons. The summed E-state index contributed by atoms with van der Waals surface area (Å²) in [7, 11) is 1.68. The van der Waals surface area contributed by atoms with Crippen molar-refractivity contribution in [3.8, 4) is 5.75 Å². The van der Waals surface area contributed by atoms with Gasteiger partial charge in [-0.25, -0.2) is 0 Å². The third-order valence-electron chi connectivity index (χ3n) is 2.88. The van der Waals surface area contributed by atoms with E-state index >= 15 is 0 Å². The van der Waals surface area contributed by atoms with E-state index in [1.165, 1.54) is 24.2 Å². The highest BCUT2D eigenvalue weighted by Gasteiger charge is 2.14. The molecule has 0 saturated carbocycles. The first kappa shape index (κ1) is 12.7. The lowest BCUT2D eigenvalue weighted by atomic mass is 10.1. The van der Waals surface area contributed by atoms with Crippen molar-refractivity contribution in [1.82, 2.24) is 4.90 Å². The van der Waals surface area contributed by atoms with Gasteiger partial charge in [-0.05, 0) is 43.5 Å². The van der Waals surface area contributed by atoms with Gasteiger partial charge in [0, 0.05) is 18.0 Å². The van der Waals surface area contributed by atoms with Crippen molar-refractivity contribution >= 4 is 28.3 Å². The van der Waals surface area contributed by atoms with Crippen LogP contribution in [-0.2, 0) is 0 Å². The summed E-state index contributed by atoms with van der Waals surface area (Å²) in [6, 6.07) is 8.06. The first-order valence-corrected chi connectivity index (χ1v) is 7.13. The van der Waals surface area contributed by atoms with Gasteiger partial charge < -0.3 is 9.64 Å². The van der Waals surface area contributed by atoms with E-state index in [2.05, 4.69) is 17.0 Å². The smallest absolute Gasteiger partial charge is 0.141 e. The molecule has 4 heteroatoms. The van der Waals surface area contributed by atoms with Gasteiger partial charge in [-0.15, -0.1) is 0 Å². The summed E-state index contributed by atoms with van der Waals surface area (Å²) in [5.74, 6) is 0.887. The van der Waals surface area contributed by atoms with Crippen LogP contribution in [0.1, 0.15) is 19.3 Å². The number of methoxy groups -OCH3 is 1. The lowest BCUT2D eigenvalue weighted by Gasteiger charge is -2.28. The van der Waals surface area contributed by atoms with E-state index in [0.717, 1.165) is 23.2 Å². The van der Waals surface area contributed by atoms with Crippen LogP contribution in [0.4, 0.5) is 0 Å². The highest BCUT2D eigenvalue weighted by molar-refractivity contribution is 8.22. The average molecular weight is 267 g/mol. The predicted octanol–water partition coefficient (Wildman–Crippen LogP) is 3.56. The van der Waals surface area contributed by atoms with Crippen LogP contribution in [0.3, 0.4) is 0 Å². The molecule has 0 amide bonds. The lowest BCUT2D eigenvalue weighted by molar-refractivity contribution is 0.352.